The standard InChI is InChI=1S/C24H32N2O3/c1-24(2,3)20-11-7-8-12-22(20)29-18-23(27)25-21(19-9-5-4-6-10-19)17-26-13-15-28-16-14-26/h4-12,21H,13-18H2,1-3H3,(H,25,27). The molecular formula is C24H32N2O3. The molecule has 0 aromatic heterocycles. The number of para-hydroxylation sites is 1. The summed E-state index contributed by atoms with van der Waals surface area (Å²) < 4.78 is 11.4. The van der Waals surface area contributed by atoms with Crippen molar-refractivity contribution >= 4 is 5.91 Å². The number of nitrogens with one attached hydrogen (secondary N) is 1. The van der Waals surface area contributed by atoms with Crippen LogP contribution in [0.4, 0.5) is 0 Å². The molecule has 1 heterocycles. The molecule has 1 aliphatic heterocycles. The van der Waals surface area contributed by atoms with Crippen molar-refractivity contribution in [1.29, 1.82) is 0 Å². The number of hydrogen-bond donors (Lipinski definition) is 1. The van der Waals surface area contributed by atoms with Gasteiger partial charge in [-0.1, -0.05) is 69.3 Å². The van der Waals surface area contributed by atoms with E-state index in [0.29, 0.717) is 0 Å². The molecule has 1 amide bonds. The van der Waals surface area contributed by atoms with Crippen molar-refractivity contribution in [2.45, 2.75) is 32.2 Å². The van der Waals surface area contributed by atoms with Crippen LogP contribution in [0.3, 0.4) is 0 Å². The maximum atomic E-state index is 12.7. The molecule has 5 nitrogen and oxygen atoms in total. The molecule has 3 rings (SSSR count). The third kappa shape index (κ3) is 6.31. The number of hydrogen-bond acceptors (Lipinski definition) is 4. The van der Waals surface area contributed by atoms with Gasteiger partial charge in [0, 0.05) is 19.6 Å². The molecule has 0 spiro atoms. The molecular weight excluding hydrogens is 364 g/mol. The van der Waals surface area contributed by atoms with E-state index in [1.54, 1.807) is 0 Å². The summed E-state index contributed by atoms with van der Waals surface area (Å²) in [6.45, 7) is 10.4. The summed E-state index contributed by atoms with van der Waals surface area (Å²) in [4.78, 5) is 15.1. The number of carbonyl (C=O) groups is 1. The molecule has 1 atom stereocenters. The Morgan fingerprint density at radius 2 is 1.72 bits per heavy atom. The van der Waals surface area contributed by atoms with Crippen molar-refractivity contribution in [3.05, 3.63) is 65.7 Å². The minimum atomic E-state index is -0.115. The lowest BCUT2D eigenvalue weighted by Crippen LogP contribution is -2.44. The highest BCUT2D eigenvalue weighted by Crippen LogP contribution is 2.30. The molecule has 0 bridgehead atoms. The summed E-state index contributed by atoms with van der Waals surface area (Å²) >= 11 is 0. The minimum absolute atomic E-state index is 0.000458. The maximum absolute atomic E-state index is 12.7. The second kappa shape index (κ2) is 9.90. The Morgan fingerprint density at radius 1 is 1.07 bits per heavy atom. The zero-order valence-electron chi connectivity index (χ0n) is 17.7. The van der Waals surface area contributed by atoms with Gasteiger partial charge in [-0.3, -0.25) is 9.69 Å². The van der Waals surface area contributed by atoms with Crippen molar-refractivity contribution in [3.8, 4) is 5.75 Å². The quantitative estimate of drug-likeness (QED) is 0.778. The van der Waals surface area contributed by atoms with Crippen LogP contribution in [-0.4, -0.2) is 50.3 Å². The predicted molar refractivity (Wildman–Crippen MR) is 115 cm³/mol. The lowest BCUT2D eigenvalue weighted by atomic mass is 9.86. The SMILES string of the molecule is CC(C)(C)c1ccccc1OCC(=O)NC(CN1CCOCC1)c1ccccc1. The molecule has 1 N–H and O–H groups in total. The van der Waals surface area contributed by atoms with Crippen LogP contribution in [0.15, 0.2) is 54.6 Å². The molecule has 156 valence electrons. The first-order valence-corrected chi connectivity index (χ1v) is 10.3. The van der Waals surface area contributed by atoms with E-state index in [1.165, 1.54) is 0 Å². The van der Waals surface area contributed by atoms with Gasteiger partial charge in [-0.25, -0.2) is 0 Å². The Kier molecular flexibility index (Phi) is 7.29. The van der Waals surface area contributed by atoms with E-state index in [0.717, 1.165) is 49.7 Å². The van der Waals surface area contributed by atoms with Gasteiger partial charge in [-0.2, -0.15) is 0 Å². The van der Waals surface area contributed by atoms with E-state index in [2.05, 4.69) is 49.2 Å². The number of morpholine rings is 1. The second-order valence-electron chi connectivity index (χ2n) is 8.48. The maximum Gasteiger partial charge on any atom is 0.258 e. The summed E-state index contributed by atoms with van der Waals surface area (Å²) in [5.41, 5.74) is 2.15. The molecule has 1 aliphatic rings. The van der Waals surface area contributed by atoms with E-state index < -0.39 is 0 Å². The molecule has 1 fully saturated rings. The van der Waals surface area contributed by atoms with Gasteiger partial charge in [0.25, 0.3) is 5.91 Å². The Labute approximate surface area is 174 Å². The number of benzene rings is 2. The van der Waals surface area contributed by atoms with E-state index in [9.17, 15) is 4.79 Å². The van der Waals surface area contributed by atoms with Crippen LogP contribution in [0, 0.1) is 0 Å². The first kappa shape index (κ1) is 21.3. The fourth-order valence-corrected chi connectivity index (χ4v) is 3.55. The van der Waals surface area contributed by atoms with Gasteiger partial charge in [0.05, 0.1) is 19.3 Å². The highest BCUT2D eigenvalue weighted by molar-refractivity contribution is 5.78. The van der Waals surface area contributed by atoms with Crippen LogP contribution in [0.1, 0.15) is 37.9 Å². The van der Waals surface area contributed by atoms with Crippen molar-refractivity contribution in [2.24, 2.45) is 0 Å². The highest BCUT2D eigenvalue weighted by Gasteiger charge is 2.22. The van der Waals surface area contributed by atoms with Gasteiger partial charge in [0.1, 0.15) is 5.75 Å². The molecule has 1 unspecified atom stereocenters. The first-order valence-electron chi connectivity index (χ1n) is 10.3. The van der Waals surface area contributed by atoms with E-state index in [4.69, 9.17) is 9.47 Å². The van der Waals surface area contributed by atoms with Gasteiger partial charge in [0.15, 0.2) is 6.61 Å². The van der Waals surface area contributed by atoms with E-state index >= 15 is 0 Å². The summed E-state index contributed by atoms with van der Waals surface area (Å²) in [5.74, 6) is 0.649. The average molecular weight is 397 g/mol. The van der Waals surface area contributed by atoms with Crippen LogP contribution in [0.2, 0.25) is 0 Å². The molecule has 2 aromatic carbocycles. The fraction of sp³-hybridized carbons (Fsp3) is 0.458. The third-order valence-corrected chi connectivity index (χ3v) is 5.14. The van der Waals surface area contributed by atoms with Crippen molar-refractivity contribution in [3.63, 3.8) is 0 Å². The Bertz CT molecular complexity index is 780. The number of rotatable bonds is 7. The lowest BCUT2D eigenvalue weighted by Gasteiger charge is -2.31. The van der Waals surface area contributed by atoms with Crippen LogP contribution in [0.25, 0.3) is 0 Å². The van der Waals surface area contributed by atoms with Crippen molar-refractivity contribution in [1.82, 2.24) is 10.2 Å². The van der Waals surface area contributed by atoms with Gasteiger partial charge < -0.3 is 14.8 Å². The van der Waals surface area contributed by atoms with Crippen molar-refractivity contribution < 1.29 is 14.3 Å². The molecule has 0 radical (unpaired) electrons. The zero-order valence-corrected chi connectivity index (χ0v) is 17.7. The van der Waals surface area contributed by atoms with Crippen LogP contribution in [0.5, 0.6) is 5.75 Å². The monoisotopic (exact) mass is 396 g/mol. The molecule has 5 heteroatoms. The largest absolute Gasteiger partial charge is 0.483 e. The Morgan fingerprint density at radius 3 is 2.41 bits per heavy atom. The molecule has 29 heavy (non-hydrogen) atoms. The molecule has 1 saturated heterocycles. The number of nitrogens with zero attached hydrogens (tertiary/aromatic N) is 1. The molecule has 0 aliphatic carbocycles. The van der Waals surface area contributed by atoms with Crippen molar-refractivity contribution in [2.75, 3.05) is 39.5 Å². The first-order chi connectivity index (χ1) is 13.9. The average Bonchev–Trinajstić information content (AvgIpc) is 2.73. The fourth-order valence-electron chi connectivity index (χ4n) is 3.55. The molecule has 2 aromatic rings. The number of ether oxygens (including phenoxy) is 2. The third-order valence-electron chi connectivity index (χ3n) is 5.14. The summed E-state index contributed by atoms with van der Waals surface area (Å²) in [7, 11) is 0. The predicted octanol–water partition coefficient (Wildman–Crippen LogP) is 3.55. The Balaban J connectivity index is 1.64. The van der Waals surface area contributed by atoms with Gasteiger partial charge in [-0.05, 0) is 22.6 Å². The number of carbonyl (C=O) groups excluding carboxylic acids is 1. The van der Waals surface area contributed by atoms with E-state index in [-0.39, 0.29) is 24.0 Å². The summed E-state index contributed by atoms with van der Waals surface area (Å²) in [5, 5.41) is 3.16. The van der Waals surface area contributed by atoms with Gasteiger partial charge in [-0.15, -0.1) is 0 Å². The molecule has 0 saturated carbocycles. The second-order valence-corrected chi connectivity index (χ2v) is 8.48. The van der Waals surface area contributed by atoms with Gasteiger partial charge in [0.2, 0.25) is 0 Å². The smallest absolute Gasteiger partial charge is 0.258 e. The highest BCUT2D eigenvalue weighted by atomic mass is 16.5. The zero-order chi connectivity index (χ0) is 20.7. The summed E-state index contributed by atoms with van der Waals surface area (Å²) in [6, 6.07) is 18.0. The topological polar surface area (TPSA) is 50.8 Å². The number of amides is 1. The van der Waals surface area contributed by atoms with E-state index in [1.807, 2.05) is 36.4 Å². The Hall–Kier alpha value is -2.37. The van der Waals surface area contributed by atoms with Crippen LogP contribution >= 0.6 is 0 Å². The minimum Gasteiger partial charge on any atom is -0.483 e. The lowest BCUT2D eigenvalue weighted by molar-refractivity contribution is -0.124. The van der Waals surface area contributed by atoms with Gasteiger partial charge >= 0.3 is 0 Å². The normalized spacial score (nSPS) is 16.2. The van der Waals surface area contributed by atoms with Crippen LogP contribution in [-0.2, 0) is 14.9 Å². The van der Waals surface area contributed by atoms with Crippen LogP contribution < -0.4 is 10.1 Å². The summed E-state index contributed by atoms with van der Waals surface area (Å²) in [6.07, 6.45) is 0.